The van der Waals surface area contributed by atoms with Crippen LogP contribution in [0.5, 0.6) is 0 Å². The molecule has 0 saturated carbocycles. The Hall–Kier alpha value is -3.02. The number of nitrogens with one attached hydrogen (secondary N) is 2. The van der Waals surface area contributed by atoms with E-state index in [2.05, 4.69) is 20.3 Å². The van der Waals surface area contributed by atoms with Crippen LogP contribution in [0, 0.1) is 13.8 Å². The molecular weight excluding hydrogens is 304 g/mol. The van der Waals surface area contributed by atoms with Crippen molar-refractivity contribution in [3.63, 3.8) is 0 Å². The summed E-state index contributed by atoms with van der Waals surface area (Å²) in [7, 11) is 0. The number of carbonyl (C=O) groups excluding carboxylic acids is 1. The van der Waals surface area contributed by atoms with Gasteiger partial charge in [-0.15, -0.1) is 0 Å². The highest BCUT2D eigenvalue weighted by Crippen LogP contribution is 2.19. The number of rotatable bonds is 0. The average Bonchev–Trinajstić information content (AvgIpc) is 2.54. The Bertz CT molecular complexity index is 963. The topological polar surface area (TPSA) is 87.7 Å². The molecule has 0 bridgehead atoms. The molecule has 4 heterocycles. The van der Waals surface area contributed by atoms with E-state index in [1.807, 2.05) is 38.1 Å². The van der Waals surface area contributed by atoms with E-state index in [1.54, 1.807) is 6.07 Å². The molecule has 6 heteroatoms. The summed E-state index contributed by atoms with van der Waals surface area (Å²) in [4.78, 5) is 33.0. The molecule has 0 aromatic carbocycles. The number of pyridine rings is 3. The lowest BCUT2D eigenvalue weighted by Crippen LogP contribution is -2.20. The highest BCUT2D eigenvalue weighted by molar-refractivity contribution is 5.92. The number of anilines is 1. The van der Waals surface area contributed by atoms with Gasteiger partial charge >= 0.3 is 0 Å². The van der Waals surface area contributed by atoms with Crippen molar-refractivity contribution in [3.8, 4) is 0 Å². The van der Waals surface area contributed by atoms with E-state index in [0.29, 0.717) is 12.1 Å². The number of aromatic nitrogens is 3. The van der Waals surface area contributed by atoms with Gasteiger partial charge in [-0.25, -0.2) is 9.97 Å². The zero-order valence-corrected chi connectivity index (χ0v) is 13.6. The molecule has 122 valence electrons. The molecule has 2 N–H and O–H groups in total. The maximum absolute atomic E-state index is 11.0. The van der Waals surface area contributed by atoms with Crippen LogP contribution in [0.15, 0.2) is 41.2 Å². The second-order valence-corrected chi connectivity index (χ2v) is 5.72. The summed E-state index contributed by atoms with van der Waals surface area (Å²) >= 11 is 0. The van der Waals surface area contributed by atoms with Crippen molar-refractivity contribution in [3.05, 3.63) is 63.7 Å². The summed E-state index contributed by atoms with van der Waals surface area (Å²) in [6, 6.07) is 11.1. The predicted octanol–water partition coefficient (Wildman–Crippen LogP) is 2.51. The number of hydrogen-bond donors (Lipinski definition) is 2. The second kappa shape index (κ2) is 6.62. The van der Waals surface area contributed by atoms with E-state index in [0.717, 1.165) is 34.6 Å². The third kappa shape index (κ3) is 3.65. The molecule has 0 saturated heterocycles. The van der Waals surface area contributed by atoms with Crippen LogP contribution in [0.4, 0.5) is 5.82 Å². The number of aromatic amines is 1. The highest BCUT2D eigenvalue weighted by atomic mass is 16.1. The number of H-pyrrole nitrogens is 1. The van der Waals surface area contributed by atoms with Crippen LogP contribution in [-0.4, -0.2) is 20.9 Å². The van der Waals surface area contributed by atoms with Crippen LogP contribution in [0.2, 0.25) is 0 Å². The number of carbonyl (C=O) groups is 1. The Balaban J connectivity index is 0.000000141. The first-order valence-electron chi connectivity index (χ1n) is 7.74. The van der Waals surface area contributed by atoms with Crippen LogP contribution < -0.4 is 10.9 Å². The summed E-state index contributed by atoms with van der Waals surface area (Å²) in [6.07, 6.45) is 1.40. The lowest BCUT2D eigenvalue weighted by molar-refractivity contribution is -0.116. The number of hydrogen-bond acceptors (Lipinski definition) is 4. The predicted molar refractivity (Wildman–Crippen MR) is 93.0 cm³/mol. The molecule has 24 heavy (non-hydrogen) atoms. The zero-order chi connectivity index (χ0) is 17.1. The Labute approximate surface area is 139 Å². The SMILES string of the molecule is Cc1ccc2c(n1)NC(=O)CC2.Cc1ccc2ccc(=O)[nH]c2n1. The van der Waals surface area contributed by atoms with Crippen molar-refractivity contribution >= 4 is 22.8 Å². The number of aryl methyl sites for hydroxylation is 3. The molecule has 0 atom stereocenters. The fraction of sp³-hybridized carbons (Fsp3) is 0.222. The van der Waals surface area contributed by atoms with Gasteiger partial charge in [-0.1, -0.05) is 6.07 Å². The Morgan fingerprint density at radius 1 is 0.875 bits per heavy atom. The van der Waals surface area contributed by atoms with E-state index in [4.69, 9.17) is 0 Å². The van der Waals surface area contributed by atoms with Crippen molar-refractivity contribution in [2.45, 2.75) is 26.7 Å². The fourth-order valence-corrected chi connectivity index (χ4v) is 2.46. The van der Waals surface area contributed by atoms with Gasteiger partial charge in [0.2, 0.25) is 11.5 Å². The zero-order valence-electron chi connectivity index (χ0n) is 13.6. The number of amides is 1. The average molecular weight is 322 g/mol. The maximum Gasteiger partial charge on any atom is 0.249 e. The molecule has 3 aromatic rings. The normalized spacial score (nSPS) is 12.8. The summed E-state index contributed by atoms with van der Waals surface area (Å²) in [6.45, 7) is 3.81. The van der Waals surface area contributed by atoms with Gasteiger partial charge in [-0.2, -0.15) is 0 Å². The van der Waals surface area contributed by atoms with E-state index >= 15 is 0 Å². The highest BCUT2D eigenvalue weighted by Gasteiger charge is 2.14. The third-order valence-electron chi connectivity index (χ3n) is 3.72. The lowest BCUT2D eigenvalue weighted by Gasteiger charge is -2.15. The van der Waals surface area contributed by atoms with Crippen LogP contribution >= 0.6 is 0 Å². The molecule has 0 unspecified atom stereocenters. The van der Waals surface area contributed by atoms with Crippen molar-refractivity contribution in [2.75, 3.05) is 5.32 Å². The molecular formula is C18H18N4O2. The Morgan fingerprint density at radius 3 is 2.42 bits per heavy atom. The largest absolute Gasteiger partial charge is 0.310 e. The van der Waals surface area contributed by atoms with Crippen molar-refractivity contribution < 1.29 is 4.79 Å². The quantitative estimate of drug-likeness (QED) is 0.665. The van der Waals surface area contributed by atoms with E-state index in [-0.39, 0.29) is 11.5 Å². The molecule has 0 radical (unpaired) electrons. The van der Waals surface area contributed by atoms with E-state index in [1.165, 1.54) is 6.07 Å². The van der Waals surface area contributed by atoms with E-state index < -0.39 is 0 Å². The molecule has 0 spiro atoms. The van der Waals surface area contributed by atoms with Gasteiger partial charge in [0.05, 0.1) is 0 Å². The Morgan fingerprint density at radius 2 is 1.58 bits per heavy atom. The standard InChI is InChI=1S/C9H10N2O.C9H8N2O/c2*1-6-2-3-7-4-5-8(12)11-9(7)10-6/h2-3H,4-5H2,1H3,(H,10,11,12);2-5H,1H3,(H,10,11,12). The maximum atomic E-state index is 11.0. The molecule has 0 fully saturated rings. The van der Waals surface area contributed by atoms with Crippen LogP contribution in [0.25, 0.3) is 11.0 Å². The molecule has 1 aliphatic rings. The summed E-state index contributed by atoms with van der Waals surface area (Å²) < 4.78 is 0. The molecule has 4 rings (SSSR count). The third-order valence-corrected chi connectivity index (χ3v) is 3.72. The van der Waals surface area contributed by atoms with E-state index in [9.17, 15) is 9.59 Å². The summed E-state index contributed by atoms with van der Waals surface area (Å²) in [5, 5.41) is 3.71. The smallest absolute Gasteiger partial charge is 0.249 e. The van der Waals surface area contributed by atoms with Crippen molar-refractivity contribution in [1.82, 2.24) is 15.0 Å². The lowest BCUT2D eigenvalue weighted by atomic mass is 10.1. The van der Waals surface area contributed by atoms with Crippen LogP contribution in [-0.2, 0) is 11.2 Å². The van der Waals surface area contributed by atoms with Gasteiger partial charge in [0, 0.05) is 29.3 Å². The van der Waals surface area contributed by atoms with Gasteiger partial charge in [-0.05, 0) is 50.1 Å². The first-order chi connectivity index (χ1) is 11.5. The minimum atomic E-state index is -0.111. The summed E-state index contributed by atoms with van der Waals surface area (Å²) in [5.41, 5.74) is 3.53. The summed E-state index contributed by atoms with van der Waals surface area (Å²) in [5.74, 6) is 0.812. The van der Waals surface area contributed by atoms with Gasteiger partial charge in [0.15, 0.2) is 0 Å². The van der Waals surface area contributed by atoms with Crippen molar-refractivity contribution in [2.24, 2.45) is 0 Å². The molecule has 3 aromatic heterocycles. The van der Waals surface area contributed by atoms with Crippen LogP contribution in [0.3, 0.4) is 0 Å². The molecule has 6 nitrogen and oxygen atoms in total. The minimum Gasteiger partial charge on any atom is -0.310 e. The first kappa shape index (κ1) is 15.9. The molecule has 0 aliphatic carbocycles. The first-order valence-corrected chi connectivity index (χ1v) is 7.74. The van der Waals surface area contributed by atoms with Crippen molar-refractivity contribution in [1.29, 1.82) is 0 Å². The minimum absolute atomic E-state index is 0.0700. The number of fused-ring (bicyclic) bond motifs is 2. The van der Waals surface area contributed by atoms with Gasteiger partial charge in [0.1, 0.15) is 11.5 Å². The number of nitrogens with zero attached hydrogens (tertiary/aromatic N) is 2. The van der Waals surface area contributed by atoms with Crippen LogP contribution in [0.1, 0.15) is 23.4 Å². The molecule has 1 amide bonds. The molecule has 1 aliphatic heterocycles. The second-order valence-electron chi connectivity index (χ2n) is 5.72. The van der Waals surface area contributed by atoms with Gasteiger partial charge < -0.3 is 10.3 Å². The van der Waals surface area contributed by atoms with Gasteiger partial charge in [0.25, 0.3) is 0 Å². The Kier molecular flexibility index (Phi) is 4.37. The fourth-order valence-electron chi connectivity index (χ4n) is 2.46. The monoisotopic (exact) mass is 322 g/mol. The van der Waals surface area contributed by atoms with Gasteiger partial charge in [-0.3, -0.25) is 9.59 Å².